The average Bonchev–Trinajstić information content (AvgIpc) is 2.19. The lowest BCUT2D eigenvalue weighted by molar-refractivity contribution is 0.230. The molecule has 0 aliphatic carbocycles. The van der Waals surface area contributed by atoms with E-state index in [-0.39, 0.29) is 18.6 Å². The largest absolute Gasteiger partial charge is 0.475 e. The molecule has 1 aromatic heterocycles. The summed E-state index contributed by atoms with van der Waals surface area (Å²) in [6.45, 7) is 4.19. The topological polar surface area (TPSA) is 81.3 Å². The van der Waals surface area contributed by atoms with Crippen molar-refractivity contribution in [2.24, 2.45) is 5.73 Å². The lowest BCUT2D eigenvalue weighted by Gasteiger charge is -2.13. The van der Waals surface area contributed by atoms with Gasteiger partial charge in [0.05, 0.1) is 18.4 Å². The molecule has 3 N–H and O–H groups in total. The van der Waals surface area contributed by atoms with Crippen LogP contribution in [0.15, 0.2) is 12.4 Å². The molecule has 0 aliphatic heterocycles. The molecule has 1 atom stereocenters. The molecule has 15 heavy (non-hydrogen) atoms. The van der Waals surface area contributed by atoms with Crippen LogP contribution in [0.25, 0.3) is 0 Å². The molecular formula is C10H17N3O2. The van der Waals surface area contributed by atoms with E-state index in [2.05, 4.69) is 9.97 Å². The third kappa shape index (κ3) is 3.45. The van der Waals surface area contributed by atoms with Crippen LogP contribution in [0.4, 0.5) is 0 Å². The maximum atomic E-state index is 9.07. The van der Waals surface area contributed by atoms with E-state index in [1.54, 1.807) is 6.07 Å². The third-order valence-corrected chi connectivity index (χ3v) is 1.94. The fourth-order valence-electron chi connectivity index (χ4n) is 1.17. The van der Waals surface area contributed by atoms with Crippen molar-refractivity contribution in [1.29, 1.82) is 0 Å². The second-order valence-electron chi connectivity index (χ2n) is 3.56. The Morgan fingerprint density at radius 2 is 2.20 bits per heavy atom. The van der Waals surface area contributed by atoms with Crippen molar-refractivity contribution in [3.63, 3.8) is 0 Å². The lowest BCUT2D eigenvalue weighted by Crippen LogP contribution is -2.18. The van der Waals surface area contributed by atoms with Crippen molar-refractivity contribution in [2.75, 3.05) is 13.2 Å². The van der Waals surface area contributed by atoms with Crippen molar-refractivity contribution >= 4 is 0 Å². The van der Waals surface area contributed by atoms with Crippen LogP contribution in [0.5, 0.6) is 5.88 Å². The summed E-state index contributed by atoms with van der Waals surface area (Å²) < 4.78 is 5.42. The van der Waals surface area contributed by atoms with E-state index in [0.717, 1.165) is 0 Å². The van der Waals surface area contributed by atoms with Gasteiger partial charge in [-0.3, -0.25) is 0 Å². The molecule has 1 heterocycles. The van der Waals surface area contributed by atoms with Gasteiger partial charge in [-0.25, -0.2) is 9.97 Å². The first-order chi connectivity index (χ1) is 7.17. The van der Waals surface area contributed by atoms with Crippen LogP contribution in [0.1, 0.15) is 25.5 Å². The van der Waals surface area contributed by atoms with Gasteiger partial charge in [-0.05, 0) is 13.8 Å². The summed E-state index contributed by atoms with van der Waals surface area (Å²) in [6.07, 6.45) is 1.49. The Morgan fingerprint density at radius 1 is 1.47 bits per heavy atom. The Kier molecular flexibility index (Phi) is 4.45. The highest BCUT2D eigenvalue weighted by atomic mass is 16.5. The molecule has 0 radical (unpaired) electrons. The van der Waals surface area contributed by atoms with Crippen LogP contribution in [0.3, 0.4) is 0 Å². The number of hydrogen-bond acceptors (Lipinski definition) is 5. The van der Waals surface area contributed by atoms with E-state index < -0.39 is 0 Å². The smallest absolute Gasteiger partial charge is 0.216 e. The van der Waals surface area contributed by atoms with Crippen molar-refractivity contribution in [1.82, 2.24) is 9.97 Å². The second kappa shape index (κ2) is 5.63. The minimum absolute atomic E-state index is 0.0192. The van der Waals surface area contributed by atoms with Gasteiger partial charge in [-0.15, -0.1) is 0 Å². The minimum atomic E-state index is -0.150. The third-order valence-electron chi connectivity index (χ3n) is 1.94. The van der Waals surface area contributed by atoms with Gasteiger partial charge in [0.25, 0.3) is 0 Å². The molecule has 0 saturated heterocycles. The van der Waals surface area contributed by atoms with Gasteiger partial charge < -0.3 is 15.6 Å². The Hall–Kier alpha value is -1.20. The van der Waals surface area contributed by atoms with Crippen molar-refractivity contribution in [3.05, 3.63) is 18.1 Å². The number of nitrogens with zero attached hydrogens (tertiary/aromatic N) is 2. The van der Waals surface area contributed by atoms with Crippen LogP contribution in [0.2, 0.25) is 0 Å². The number of aliphatic hydroxyl groups is 1. The quantitative estimate of drug-likeness (QED) is 0.732. The fourth-order valence-corrected chi connectivity index (χ4v) is 1.17. The molecular weight excluding hydrogens is 194 g/mol. The van der Waals surface area contributed by atoms with E-state index in [0.29, 0.717) is 18.1 Å². The molecule has 84 valence electrons. The van der Waals surface area contributed by atoms with Crippen molar-refractivity contribution in [3.8, 4) is 5.88 Å². The number of aromatic nitrogens is 2. The first-order valence-electron chi connectivity index (χ1n) is 4.97. The summed E-state index contributed by atoms with van der Waals surface area (Å²) in [4.78, 5) is 8.03. The standard InChI is InChI=1S/C10H17N3O2/c1-7(2)15-10-3-9(12-6-13-10)8(4-11)5-14/h3,6-8,14H,4-5,11H2,1-2H3. The van der Waals surface area contributed by atoms with Crippen LogP contribution in [-0.2, 0) is 0 Å². The van der Waals surface area contributed by atoms with Crippen LogP contribution < -0.4 is 10.5 Å². The van der Waals surface area contributed by atoms with Gasteiger partial charge in [0.2, 0.25) is 5.88 Å². The lowest BCUT2D eigenvalue weighted by atomic mass is 10.1. The molecule has 0 fully saturated rings. The summed E-state index contributed by atoms with van der Waals surface area (Å²) in [5.74, 6) is 0.365. The normalized spacial score (nSPS) is 12.9. The Bertz CT molecular complexity index is 300. The van der Waals surface area contributed by atoms with Crippen LogP contribution in [-0.4, -0.2) is 34.3 Å². The molecule has 0 spiro atoms. The molecule has 5 nitrogen and oxygen atoms in total. The van der Waals surface area contributed by atoms with E-state index in [4.69, 9.17) is 15.6 Å². The van der Waals surface area contributed by atoms with Gasteiger partial charge in [0.15, 0.2) is 0 Å². The van der Waals surface area contributed by atoms with E-state index >= 15 is 0 Å². The SMILES string of the molecule is CC(C)Oc1cc(C(CN)CO)ncn1. The average molecular weight is 211 g/mol. The maximum Gasteiger partial charge on any atom is 0.216 e. The fraction of sp³-hybridized carbons (Fsp3) is 0.600. The van der Waals surface area contributed by atoms with Crippen LogP contribution in [0, 0.1) is 0 Å². The zero-order valence-corrected chi connectivity index (χ0v) is 9.05. The molecule has 1 rings (SSSR count). The summed E-state index contributed by atoms with van der Waals surface area (Å²) in [5, 5.41) is 9.07. The monoisotopic (exact) mass is 211 g/mol. The molecule has 1 unspecified atom stereocenters. The predicted octanol–water partition coefficient (Wildman–Crippen LogP) is 0.298. The van der Waals surface area contributed by atoms with Crippen molar-refractivity contribution in [2.45, 2.75) is 25.9 Å². The highest BCUT2D eigenvalue weighted by Crippen LogP contribution is 2.15. The summed E-state index contributed by atoms with van der Waals surface area (Å²) in [7, 11) is 0. The van der Waals surface area contributed by atoms with Crippen molar-refractivity contribution < 1.29 is 9.84 Å². The highest BCUT2D eigenvalue weighted by Gasteiger charge is 2.11. The molecule has 0 bridgehead atoms. The zero-order chi connectivity index (χ0) is 11.3. The van der Waals surface area contributed by atoms with E-state index in [9.17, 15) is 0 Å². The van der Waals surface area contributed by atoms with E-state index in [1.807, 2.05) is 13.8 Å². The van der Waals surface area contributed by atoms with Gasteiger partial charge in [0, 0.05) is 18.5 Å². The number of nitrogens with two attached hydrogens (primary N) is 1. The maximum absolute atomic E-state index is 9.07. The minimum Gasteiger partial charge on any atom is -0.475 e. The predicted molar refractivity (Wildman–Crippen MR) is 56.7 cm³/mol. The number of rotatable bonds is 5. The van der Waals surface area contributed by atoms with Gasteiger partial charge >= 0.3 is 0 Å². The number of ether oxygens (including phenoxy) is 1. The molecule has 0 saturated carbocycles. The van der Waals surface area contributed by atoms with Gasteiger partial charge in [-0.2, -0.15) is 0 Å². The molecule has 0 amide bonds. The Balaban J connectivity index is 2.81. The molecule has 0 aromatic carbocycles. The first-order valence-corrected chi connectivity index (χ1v) is 4.97. The van der Waals surface area contributed by atoms with E-state index in [1.165, 1.54) is 6.33 Å². The molecule has 1 aromatic rings. The summed E-state index contributed by atoms with van der Waals surface area (Å²) in [6, 6.07) is 1.72. The molecule has 0 aliphatic rings. The summed E-state index contributed by atoms with van der Waals surface area (Å²) in [5.41, 5.74) is 6.22. The first kappa shape index (κ1) is 11.9. The van der Waals surface area contributed by atoms with Crippen LogP contribution >= 0.6 is 0 Å². The van der Waals surface area contributed by atoms with Gasteiger partial charge in [0.1, 0.15) is 6.33 Å². The van der Waals surface area contributed by atoms with Gasteiger partial charge in [-0.1, -0.05) is 0 Å². The zero-order valence-electron chi connectivity index (χ0n) is 9.05. The number of aliphatic hydroxyl groups excluding tert-OH is 1. The number of hydrogen-bond donors (Lipinski definition) is 2. The highest BCUT2D eigenvalue weighted by molar-refractivity contribution is 5.17. The second-order valence-corrected chi connectivity index (χ2v) is 3.56. The summed E-state index contributed by atoms with van der Waals surface area (Å²) >= 11 is 0. The Labute approximate surface area is 89.3 Å². The molecule has 5 heteroatoms. The Morgan fingerprint density at radius 3 is 2.73 bits per heavy atom.